The standard InChI is InChI=1S/C24H13Cl2NO2/c25-16-9-6-14(7-10-16)21-19-13-17(26)11-8-15(19)12-20-22(21)24(29)27(23(20)28)18-4-2-1-3-5-18/h1-13H. The zero-order valence-corrected chi connectivity index (χ0v) is 16.5. The van der Waals surface area contributed by atoms with Crippen molar-refractivity contribution >= 4 is 51.5 Å². The molecule has 0 spiro atoms. The van der Waals surface area contributed by atoms with Gasteiger partial charge in [0.25, 0.3) is 11.8 Å². The number of imide groups is 1. The highest BCUT2D eigenvalue weighted by Crippen LogP contribution is 2.41. The third-order valence-electron chi connectivity index (χ3n) is 5.10. The van der Waals surface area contributed by atoms with Crippen molar-refractivity contribution < 1.29 is 9.59 Å². The lowest BCUT2D eigenvalue weighted by Crippen LogP contribution is -2.29. The van der Waals surface area contributed by atoms with Crippen LogP contribution in [-0.4, -0.2) is 11.8 Å². The first-order valence-corrected chi connectivity index (χ1v) is 9.76. The van der Waals surface area contributed by atoms with E-state index in [9.17, 15) is 9.59 Å². The van der Waals surface area contributed by atoms with Crippen LogP contribution >= 0.6 is 23.2 Å². The van der Waals surface area contributed by atoms with Crippen molar-refractivity contribution in [2.24, 2.45) is 0 Å². The van der Waals surface area contributed by atoms with E-state index in [4.69, 9.17) is 23.2 Å². The third-order valence-corrected chi connectivity index (χ3v) is 5.59. The van der Waals surface area contributed by atoms with E-state index in [0.29, 0.717) is 32.4 Å². The average molecular weight is 418 g/mol. The largest absolute Gasteiger partial charge is 0.268 e. The van der Waals surface area contributed by atoms with Crippen molar-refractivity contribution in [3.05, 3.63) is 100 Å². The average Bonchev–Trinajstić information content (AvgIpc) is 2.98. The molecule has 1 aliphatic rings. The number of halogens is 2. The molecule has 0 aromatic heterocycles. The first-order valence-electron chi connectivity index (χ1n) is 9.00. The van der Waals surface area contributed by atoms with E-state index in [1.807, 2.05) is 30.3 Å². The Hall–Kier alpha value is -3.14. The van der Waals surface area contributed by atoms with Gasteiger partial charge in [-0.3, -0.25) is 9.59 Å². The van der Waals surface area contributed by atoms with Gasteiger partial charge < -0.3 is 0 Å². The van der Waals surface area contributed by atoms with Crippen LogP contribution in [0.25, 0.3) is 21.9 Å². The van der Waals surface area contributed by atoms with Gasteiger partial charge in [-0.05, 0) is 58.8 Å². The number of benzene rings is 4. The van der Waals surface area contributed by atoms with Crippen molar-refractivity contribution in [2.45, 2.75) is 0 Å². The van der Waals surface area contributed by atoms with E-state index >= 15 is 0 Å². The summed E-state index contributed by atoms with van der Waals surface area (Å²) in [4.78, 5) is 27.9. The van der Waals surface area contributed by atoms with E-state index in [1.54, 1.807) is 48.5 Å². The molecule has 4 aromatic carbocycles. The van der Waals surface area contributed by atoms with Gasteiger partial charge in [-0.2, -0.15) is 0 Å². The highest BCUT2D eigenvalue weighted by atomic mass is 35.5. The summed E-state index contributed by atoms with van der Waals surface area (Å²) < 4.78 is 0. The van der Waals surface area contributed by atoms with E-state index in [-0.39, 0.29) is 11.8 Å². The molecule has 0 unspecified atom stereocenters. The molecule has 29 heavy (non-hydrogen) atoms. The Kier molecular flexibility index (Phi) is 4.16. The van der Waals surface area contributed by atoms with Crippen molar-refractivity contribution in [3.63, 3.8) is 0 Å². The monoisotopic (exact) mass is 417 g/mol. The fourth-order valence-electron chi connectivity index (χ4n) is 3.81. The first kappa shape index (κ1) is 17.9. The molecule has 5 rings (SSSR count). The Morgan fingerprint density at radius 2 is 1.34 bits per heavy atom. The quantitative estimate of drug-likeness (QED) is 0.344. The number of carbonyl (C=O) groups is 2. The van der Waals surface area contributed by atoms with E-state index < -0.39 is 0 Å². The molecule has 0 aliphatic carbocycles. The van der Waals surface area contributed by atoms with Gasteiger partial charge in [0.2, 0.25) is 0 Å². The van der Waals surface area contributed by atoms with Crippen LogP contribution < -0.4 is 4.90 Å². The van der Waals surface area contributed by atoms with Crippen LogP contribution in [0, 0.1) is 0 Å². The molecule has 0 fully saturated rings. The number of rotatable bonds is 2. The summed E-state index contributed by atoms with van der Waals surface area (Å²) in [5, 5.41) is 2.81. The maximum Gasteiger partial charge on any atom is 0.266 e. The maximum atomic E-state index is 13.4. The number of hydrogen-bond acceptors (Lipinski definition) is 2. The lowest BCUT2D eigenvalue weighted by atomic mass is 9.90. The predicted octanol–water partition coefficient (Wildman–Crippen LogP) is 6.61. The second-order valence-corrected chi connectivity index (χ2v) is 7.70. The van der Waals surface area contributed by atoms with Gasteiger partial charge in [0.15, 0.2) is 0 Å². The maximum absolute atomic E-state index is 13.4. The fraction of sp³-hybridized carbons (Fsp3) is 0. The van der Waals surface area contributed by atoms with Crippen molar-refractivity contribution in [1.29, 1.82) is 0 Å². The summed E-state index contributed by atoms with van der Waals surface area (Å²) in [5.74, 6) is -0.675. The molecule has 4 aromatic rings. The molecule has 3 nitrogen and oxygen atoms in total. The number of nitrogens with zero attached hydrogens (tertiary/aromatic N) is 1. The second-order valence-electron chi connectivity index (χ2n) is 6.83. The van der Waals surface area contributed by atoms with Crippen LogP contribution in [0.2, 0.25) is 10.0 Å². The van der Waals surface area contributed by atoms with Crippen LogP contribution in [0.3, 0.4) is 0 Å². The lowest BCUT2D eigenvalue weighted by Gasteiger charge is -2.14. The third kappa shape index (κ3) is 2.82. The van der Waals surface area contributed by atoms with Crippen LogP contribution in [0.1, 0.15) is 20.7 Å². The molecule has 0 atom stereocenters. The molecule has 2 amide bonds. The minimum absolute atomic E-state index is 0.330. The molecule has 0 radical (unpaired) electrons. The van der Waals surface area contributed by atoms with Crippen LogP contribution in [0.5, 0.6) is 0 Å². The van der Waals surface area contributed by atoms with Crippen LogP contribution in [0.15, 0.2) is 78.9 Å². The zero-order valence-electron chi connectivity index (χ0n) is 15.0. The Labute approximate surface area is 177 Å². The summed E-state index contributed by atoms with van der Waals surface area (Å²) >= 11 is 12.3. The highest BCUT2D eigenvalue weighted by Gasteiger charge is 2.39. The van der Waals surface area contributed by atoms with E-state index in [2.05, 4.69) is 0 Å². The van der Waals surface area contributed by atoms with Crippen LogP contribution in [0.4, 0.5) is 5.69 Å². The Balaban J connectivity index is 1.84. The SMILES string of the molecule is O=C1c2cc3ccc(Cl)cc3c(-c3ccc(Cl)cc3)c2C(=O)N1c1ccccc1. The molecule has 0 saturated carbocycles. The molecule has 1 heterocycles. The lowest BCUT2D eigenvalue weighted by molar-refractivity contribution is 0.0926. The van der Waals surface area contributed by atoms with Gasteiger partial charge in [-0.15, -0.1) is 0 Å². The summed E-state index contributed by atoms with van der Waals surface area (Å²) in [5.41, 5.74) is 2.81. The normalized spacial score (nSPS) is 13.2. The Morgan fingerprint density at radius 3 is 2.07 bits per heavy atom. The molecule has 0 saturated heterocycles. The molecule has 1 aliphatic heterocycles. The van der Waals surface area contributed by atoms with Gasteiger partial charge in [0, 0.05) is 15.6 Å². The first-order chi connectivity index (χ1) is 14.0. The number of para-hydroxylation sites is 1. The second kappa shape index (κ2) is 6.73. The van der Waals surface area contributed by atoms with Crippen LogP contribution in [-0.2, 0) is 0 Å². The number of hydrogen-bond donors (Lipinski definition) is 0. The van der Waals surface area contributed by atoms with Gasteiger partial charge >= 0.3 is 0 Å². The molecule has 5 heteroatoms. The fourth-order valence-corrected chi connectivity index (χ4v) is 4.11. The molecular formula is C24H13Cl2NO2. The van der Waals surface area contributed by atoms with Crippen molar-refractivity contribution in [1.82, 2.24) is 0 Å². The molecule has 140 valence electrons. The summed E-state index contributed by atoms with van der Waals surface area (Å²) in [6.45, 7) is 0. The summed E-state index contributed by atoms with van der Waals surface area (Å²) in [6.07, 6.45) is 0. The predicted molar refractivity (Wildman–Crippen MR) is 117 cm³/mol. The Morgan fingerprint density at radius 1 is 0.655 bits per heavy atom. The zero-order chi connectivity index (χ0) is 20.1. The van der Waals surface area contributed by atoms with Gasteiger partial charge in [0.1, 0.15) is 0 Å². The topological polar surface area (TPSA) is 37.4 Å². The van der Waals surface area contributed by atoms with Gasteiger partial charge in [-0.25, -0.2) is 4.90 Å². The number of carbonyl (C=O) groups excluding carboxylic acids is 2. The van der Waals surface area contributed by atoms with Gasteiger partial charge in [-0.1, -0.05) is 59.6 Å². The minimum atomic E-state index is -0.344. The van der Waals surface area contributed by atoms with Gasteiger partial charge in [0.05, 0.1) is 16.8 Å². The summed E-state index contributed by atoms with van der Waals surface area (Å²) in [7, 11) is 0. The van der Waals surface area contributed by atoms with E-state index in [0.717, 1.165) is 16.3 Å². The molecular weight excluding hydrogens is 405 g/mol. The molecule has 0 bridgehead atoms. The minimum Gasteiger partial charge on any atom is -0.268 e. The number of fused-ring (bicyclic) bond motifs is 2. The smallest absolute Gasteiger partial charge is 0.266 e. The number of anilines is 1. The summed E-state index contributed by atoms with van der Waals surface area (Å²) in [6, 6.07) is 23.4. The highest BCUT2D eigenvalue weighted by molar-refractivity contribution is 6.38. The van der Waals surface area contributed by atoms with Crippen molar-refractivity contribution in [3.8, 4) is 11.1 Å². The number of amides is 2. The molecule has 0 N–H and O–H groups in total. The Bertz CT molecular complexity index is 1300. The van der Waals surface area contributed by atoms with E-state index in [1.165, 1.54) is 4.90 Å². The van der Waals surface area contributed by atoms with Crippen molar-refractivity contribution in [2.75, 3.05) is 4.90 Å².